The SMILES string of the molecule is CCN(CC1CCCO1)C(C(C)N)C(F)(F)F. The highest BCUT2D eigenvalue weighted by atomic mass is 19.4. The van der Waals surface area contributed by atoms with Crippen molar-refractivity contribution in [1.82, 2.24) is 4.90 Å². The molecule has 1 heterocycles. The van der Waals surface area contributed by atoms with Crippen molar-refractivity contribution in [2.75, 3.05) is 19.7 Å². The van der Waals surface area contributed by atoms with Gasteiger partial charge in [-0.25, -0.2) is 0 Å². The highest BCUT2D eigenvalue weighted by Gasteiger charge is 2.45. The summed E-state index contributed by atoms with van der Waals surface area (Å²) in [5, 5.41) is 0. The Morgan fingerprint density at radius 1 is 1.47 bits per heavy atom. The smallest absolute Gasteiger partial charge is 0.377 e. The van der Waals surface area contributed by atoms with Crippen molar-refractivity contribution in [3.05, 3.63) is 0 Å². The van der Waals surface area contributed by atoms with E-state index in [1.807, 2.05) is 0 Å². The van der Waals surface area contributed by atoms with Gasteiger partial charge in [0.15, 0.2) is 0 Å². The molecule has 3 unspecified atom stereocenters. The van der Waals surface area contributed by atoms with Crippen LogP contribution in [-0.2, 0) is 4.74 Å². The molecule has 0 aromatic heterocycles. The molecule has 1 aliphatic rings. The second kappa shape index (κ2) is 6.02. The van der Waals surface area contributed by atoms with E-state index >= 15 is 0 Å². The van der Waals surface area contributed by atoms with E-state index in [0.29, 0.717) is 19.7 Å². The van der Waals surface area contributed by atoms with Crippen LogP contribution in [0.25, 0.3) is 0 Å². The van der Waals surface area contributed by atoms with Gasteiger partial charge in [0, 0.05) is 19.2 Å². The Kier molecular flexibility index (Phi) is 5.22. The first-order chi connectivity index (χ1) is 7.86. The van der Waals surface area contributed by atoms with Crippen molar-refractivity contribution in [3.63, 3.8) is 0 Å². The molecule has 2 N–H and O–H groups in total. The highest BCUT2D eigenvalue weighted by molar-refractivity contribution is 4.87. The molecule has 3 nitrogen and oxygen atoms in total. The second-order valence-corrected chi connectivity index (χ2v) is 4.57. The van der Waals surface area contributed by atoms with Gasteiger partial charge in [-0.2, -0.15) is 13.2 Å². The zero-order valence-electron chi connectivity index (χ0n) is 10.3. The summed E-state index contributed by atoms with van der Waals surface area (Å²) in [7, 11) is 0. The van der Waals surface area contributed by atoms with Gasteiger partial charge in [-0.15, -0.1) is 0 Å². The van der Waals surface area contributed by atoms with E-state index in [-0.39, 0.29) is 6.10 Å². The molecule has 0 aliphatic carbocycles. The van der Waals surface area contributed by atoms with E-state index in [9.17, 15) is 13.2 Å². The van der Waals surface area contributed by atoms with Gasteiger partial charge in [-0.05, 0) is 26.3 Å². The standard InChI is InChI=1S/C11H21F3N2O/c1-3-16(7-9-5-4-6-17-9)10(8(2)15)11(12,13)14/h8-10H,3-7,15H2,1-2H3. The van der Waals surface area contributed by atoms with Crippen LogP contribution in [0.5, 0.6) is 0 Å². The predicted molar refractivity (Wildman–Crippen MR) is 59.7 cm³/mol. The lowest BCUT2D eigenvalue weighted by Crippen LogP contribution is -2.56. The normalized spacial score (nSPS) is 25.2. The van der Waals surface area contributed by atoms with Gasteiger partial charge in [-0.1, -0.05) is 6.92 Å². The summed E-state index contributed by atoms with van der Waals surface area (Å²) in [4.78, 5) is 1.38. The quantitative estimate of drug-likeness (QED) is 0.812. The molecule has 0 bridgehead atoms. The predicted octanol–water partition coefficient (Wildman–Crippen LogP) is 1.77. The molecular formula is C11H21F3N2O. The Bertz CT molecular complexity index is 227. The topological polar surface area (TPSA) is 38.5 Å². The van der Waals surface area contributed by atoms with E-state index in [1.165, 1.54) is 11.8 Å². The van der Waals surface area contributed by atoms with Crippen LogP contribution in [0.2, 0.25) is 0 Å². The minimum atomic E-state index is -4.29. The van der Waals surface area contributed by atoms with Crippen molar-refractivity contribution in [3.8, 4) is 0 Å². The molecular weight excluding hydrogens is 233 g/mol. The third kappa shape index (κ3) is 4.12. The summed E-state index contributed by atoms with van der Waals surface area (Å²) >= 11 is 0. The fraction of sp³-hybridized carbons (Fsp3) is 1.00. The summed E-state index contributed by atoms with van der Waals surface area (Å²) in [6.07, 6.45) is -2.61. The number of hydrogen-bond acceptors (Lipinski definition) is 3. The van der Waals surface area contributed by atoms with Crippen LogP contribution in [0, 0.1) is 0 Å². The number of alkyl halides is 3. The van der Waals surface area contributed by atoms with Gasteiger partial charge in [0.25, 0.3) is 0 Å². The number of ether oxygens (including phenoxy) is 1. The minimum absolute atomic E-state index is 0.0847. The Morgan fingerprint density at radius 3 is 2.47 bits per heavy atom. The number of hydrogen-bond donors (Lipinski definition) is 1. The van der Waals surface area contributed by atoms with Gasteiger partial charge in [0.05, 0.1) is 6.10 Å². The van der Waals surface area contributed by atoms with Crippen molar-refractivity contribution in [1.29, 1.82) is 0 Å². The van der Waals surface area contributed by atoms with Crippen molar-refractivity contribution >= 4 is 0 Å². The first kappa shape index (κ1) is 14.7. The van der Waals surface area contributed by atoms with Gasteiger partial charge >= 0.3 is 6.18 Å². The zero-order valence-corrected chi connectivity index (χ0v) is 10.3. The maximum Gasteiger partial charge on any atom is 0.405 e. The number of nitrogens with zero attached hydrogens (tertiary/aromatic N) is 1. The molecule has 0 amide bonds. The molecule has 1 saturated heterocycles. The molecule has 6 heteroatoms. The molecule has 0 spiro atoms. The fourth-order valence-corrected chi connectivity index (χ4v) is 2.33. The van der Waals surface area contributed by atoms with E-state index in [2.05, 4.69) is 0 Å². The van der Waals surface area contributed by atoms with Crippen molar-refractivity contribution < 1.29 is 17.9 Å². The lowest BCUT2D eigenvalue weighted by molar-refractivity contribution is -0.190. The maximum absolute atomic E-state index is 12.9. The van der Waals surface area contributed by atoms with E-state index < -0.39 is 18.3 Å². The summed E-state index contributed by atoms with van der Waals surface area (Å²) in [6, 6.07) is -2.52. The molecule has 1 rings (SSSR count). The van der Waals surface area contributed by atoms with E-state index in [0.717, 1.165) is 12.8 Å². The largest absolute Gasteiger partial charge is 0.405 e. The Morgan fingerprint density at radius 2 is 2.12 bits per heavy atom. The molecule has 0 aromatic carbocycles. The monoisotopic (exact) mass is 254 g/mol. The van der Waals surface area contributed by atoms with Crippen LogP contribution in [0.4, 0.5) is 13.2 Å². The lowest BCUT2D eigenvalue weighted by Gasteiger charge is -2.35. The number of rotatable bonds is 5. The molecule has 17 heavy (non-hydrogen) atoms. The third-order valence-corrected chi connectivity index (χ3v) is 3.10. The molecule has 1 fully saturated rings. The van der Waals surface area contributed by atoms with Crippen LogP contribution in [-0.4, -0.2) is 49.0 Å². The molecule has 0 saturated carbocycles. The van der Waals surface area contributed by atoms with Gasteiger partial charge in [-0.3, -0.25) is 4.90 Å². The van der Waals surface area contributed by atoms with Crippen LogP contribution in [0.15, 0.2) is 0 Å². The average molecular weight is 254 g/mol. The van der Waals surface area contributed by atoms with Gasteiger partial charge < -0.3 is 10.5 Å². The Balaban J connectivity index is 2.67. The highest BCUT2D eigenvalue weighted by Crippen LogP contribution is 2.27. The third-order valence-electron chi connectivity index (χ3n) is 3.10. The van der Waals surface area contributed by atoms with Crippen LogP contribution < -0.4 is 5.73 Å². The van der Waals surface area contributed by atoms with Crippen LogP contribution in [0.3, 0.4) is 0 Å². The van der Waals surface area contributed by atoms with Crippen molar-refractivity contribution in [2.45, 2.75) is 51.1 Å². The Hall–Kier alpha value is -0.330. The molecule has 0 aromatic rings. The minimum Gasteiger partial charge on any atom is -0.377 e. The first-order valence-corrected chi connectivity index (χ1v) is 6.04. The fourth-order valence-electron chi connectivity index (χ4n) is 2.33. The van der Waals surface area contributed by atoms with Crippen LogP contribution in [0.1, 0.15) is 26.7 Å². The summed E-state index contributed by atoms with van der Waals surface area (Å²) < 4.78 is 44.1. The molecule has 3 atom stereocenters. The van der Waals surface area contributed by atoms with E-state index in [4.69, 9.17) is 10.5 Å². The maximum atomic E-state index is 12.9. The molecule has 0 radical (unpaired) electrons. The average Bonchev–Trinajstić information content (AvgIpc) is 2.66. The van der Waals surface area contributed by atoms with Crippen LogP contribution >= 0.6 is 0 Å². The molecule has 1 aliphatic heterocycles. The number of likely N-dealkylation sites (N-methyl/N-ethyl adjacent to an activating group) is 1. The second-order valence-electron chi connectivity index (χ2n) is 4.57. The number of halogens is 3. The van der Waals surface area contributed by atoms with E-state index in [1.54, 1.807) is 6.92 Å². The van der Waals surface area contributed by atoms with Crippen molar-refractivity contribution in [2.24, 2.45) is 5.73 Å². The lowest BCUT2D eigenvalue weighted by atomic mass is 10.1. The molecule has 102 valence electrons. The van der Waals surface area contributed by atoms with Gasteiger partial charge in [0.2, 0.25) is 0 Å². The first-order valence-electron chi connectivity index (χ1n) is 6.04. The summed E-state index contributed by atoms with van der Waals surface area (Å²) in [6.45, 7) is 4.40. The Labute approximate surface area is 100 Å². The zero-order chi connectivity index (χ0) is 13.1. The number of nitrogens with two attached hydrogens (primary N) is 1. The van der Waals surface area contributed by atoms with Gasteiger partial charge in [0.1, 0.15) is 6.04 Å². The summed E-state index contributed by atoms with van der Waals surface area (Å²) in [5.41, 5.74) is 5.47. The summed E-state index contributed by atoms with van der Waals surface area (Å²) in [5.74, 6) is 0.